The number of ether oxygens (including phenoxy) is 2. The van der Waals surface area contributed by atoms with Gasteiger partial charge in [0, 0.05) is 49.1 Å². The maximum atomic E-state index is 15.1. The SMILES string of the molecule is COc1cc2c(N)nc(N3CCN(C(=O)CC(N)c4ccccc4F)CC3C)nc2c(F)c1OC.Cl. The molecule has 3 aromatic rings. The van der Waals surface area contributed by atoms with E-state index in [9.17, 15) is 9.18 Å². The first-order valence-electron chi connectivity index (χ1n) is 11.2. The number of carbonyl (C=O) groups is 1. The highest BCUT2D eigenvalue weighted by molar-refractivity contribution is 5.92. The highest BCUT2D eigenvalue weighted by atomic mass is 35.5. The number of nitrogens with two attached hydrogens (primary N) is 2. The van der Waals surface area contributed by atoms with Crippen molar-refractivity contribution in [3.63, 3.8) is 0 Å². The van der Waals surface area contributed by atoms with Crippen LogP contribution in [-0.4, -0.2) is 60.7 Å². The van der Waals surface area contributed by atoms with Gasteiger partial charge in [0.15, 0.2) is 17.3 Å². The molecule has 0 bridgehead atoms. The Bertz CT molecular complexity index is 1260. The van der Waals surface area contributed by atoms with Crippen molar-refractivity contribution in [2.75, 3.05) is 44.5 Å². The van der Waals surface area contributed by atoms with Gasteiger partial charge in [-0.3, -0.25) is 4.79 Å². The van der Waals surface area contributed by atoms with Crippen molar-refractivity contribution in [1.82, 2.24) is 14.9 Å². The molecule has 36 heavy (non-hydrogen) atoms. The van der Waals surface area contributed by atoms with Crippen molar-refractivity contribution in [3.8, 4) is 11.5 Å². The largest absolute Gasteiger partial charge is 0.493 e. The molecule has 4 rings (SSSR count). The maximum absolute atomic E-state index is 15.1. The van der Waals surface area contributed by atoms with Crippen LogP contribution in [0.4, 0.5) is 20.5 Å². The first-order valence-corrected chi connectivity index (χ1v) is 11.2. The van der Waals surface area contributed by atoms with Gasteiger partial charge in [-0.05, 0) is 19.1 Å². The van der Waals surface area contributed by atoms with Gasteiger partial charge in [-0.1, -0.05) is 18.2 Å². The van der Waals surface area contributed by atoms with E-state index in [1.54, 1.807) is 23.1 Å². The third-order valence-corrected chi connectivity index (χ3v) is 6.23. The molecule has 1 aliphatic heterocycles. The fourth-order valence-corrected chi connectivity index (χ4v) is 4.35. The van der Waals surface area contributed by atoms with Crippen LogP contribution in [0, 0.1) is 11.6 Å². The van der Waals surface area contributed by atoms with Crippen LogP contribution in [0.3, 0.4) is 0 Å². The summed E-state index contributed by atoms with van der Waals surface area (Å²) in [7, 11) is 2.74. The summed E-state index contributed by atoms with van der Waals surface area (Å²) in [6, 6.07) is 6.79. The molecule has 1 amide bonds. The van der Waals surface area contributed by atoms with Gasteiger partial charge in [-0.25, -0.2) is 13.8 Å². The number of aromatic nitrogens is 2. The average molecular weight is 523 g/mol. The monoisotopic (exact) mass is 522 g/mol. The third kappa shape index (κ3) is 5.07. The number of hydrogen-bond acceptors (Lipinski definition) is 8. The van der Waals surface area contributed by atoms with Crippen molar-refractivity contribution < 1.29 is 23.0 Å². The van der Waals surface area contributed by atoms with Crippen LogP contribution in [0.1, 0.15) is 24.9 Å². The zero-order chi connectivity index (χ0) is 25.3. The molecule has 1 fully saturated rings. The fourth-order valence-electron chi connectivity index (χ4n) is 4.35. The lowest BCUT2D eigenvalue weighted by atomic mass is 10.0. The predicted octanol–water partition coefficient (Wildman–Crippen LogP) is 3.06. The molecule has 0 spiro atoms. The number of nitrogen functional groups attached to an aromatic ring is 1. The maximum Gasteiger partial charge on any atom is 0.228 e. The second-order valence-corrected chi connectivity index (χ2v) is 8.45. The number of piperazine rings is 1. The number of rotatable bonds is 6. The van der Waals surface area contributed by atoms with Gasteiger partial charge in [0.25, 0.3) is 0 Å². The Labute approximate surface area is 213 Å². The van der Waals surface area contributed by atoms with E-state index >= 15 is 4.39 Å². The van der Waals surface area contributed by atoms with E-state index in [2.05, 4.69) is 9.97 Å². The zero-order valence-electron chi connectivity index (χ0n) is 20.2. The Kier molecular flexibility index (Phi) is 8.36. The van der Waals surface area contributed by atoms with Gasteiger partial charge < -0.3 is 30.7 Å². The van der Waals surface area contributed by atoms with E-state index in [0.29, 0.717) is 30.6 Å². The number of methoxy groups -OCH3 is 2. The lowest BCUT2D eigenvalue weighted by Gasteiger charge is -2.40. The second kappa shape index (κ2) is 11.1. The van der Waals surface area contributed by atoms with Crippen LogP contribution in [0.2, 0.25) is 0 Å². The number of carbonyl (C=O) groups excluding carboxylic acids is 1. The third-order valence-electron chi connectivity index (χ3n) is 6.23. The van der Waals surface area contributed by atoms with Gasteiger partial charge in [-0.2, -0.15) is 4.98 Å². The van der Waals surface area contributed by atoms with Gasteiger partial charge >= 0.3 is 0 Å². The summed E-state index contributed by atoms with van der Waals surface area (Å²) in [6.07, 6.45) is -0.0140. The van der Waals surface area contributed by atoms with E-state index < -0.39 is 17.7 Å². The van der Waals surface area contributed by atoms with Gasteiger partial charge in [0.1, 0.15) is 17.2 Å². The van der Waals surface area contributed by atoms with Crippen LogP contribution in [0.15, 0.2) is 30.3 Å². The molecule has 0 aliphatic carbocycles. The van der Waals surface area contributed by atoms with Crippen LogP contribution in [-0.2, 0) is 4.79 Å². The molecule has 9 nitrogen and oxygen atoms in total. The van der Waals surface area contributed by atoms with E-state index in [-0.39, 0.29) is 59.6 Å². The summed E-state index contributed by atoms with van der Waals surface area (Å²) in [6.45, 7) is 3.06. The normalized spacial score (nSPS) is 16.4. The molecule has 1 aromatic heterocycles. The molecule has 1 aliphatic rings. The number of nitrogens with zero attached hydrogens (tertiary/aromatic N) is 4. The first-order chi connectivity index (χ1) is 16.7. The zero-order valence-corrected chi connectivity index (χ0v) is 21.0. The van der Waals surface area contributed by atoms with Gasteiger partial charge in [-0.15, -0.1) is 12.4 Å². The van der Waals surface area contributed by atoms with Crippen LogP contribution >= 0.6 is 12.4 Å². The number of anilines is 2. The minimum atomic E-state index is -0.740. The van der Waals surface area contributed by atoms with Crippen molar-refractivity contribution in [2.24, 2.45) is 5.73 Å². The molecule has 2 heterocycles. The topological polar surface area (TPSA) is 120 Å². The summed E-state index contributed by atoms with van der Waals surface area (Å²) in [4.78, 5) is 25.2. The Hall–Kier alpha value is -3.44. The van der Waals surface area contributed by atoms with Crippen LogP contribution < -0.4 is 25.8 Å². The number of amides is 1. The molecule has 194 valence electrons. The standard InChI is InChI=1S/C24H28F2N6O3.ClH/c1-13-12-31(19(33)11-17(27)14-6-4-5-7-16(14)25)8-9-32(13)24-29-21-15(23(28)30-24)10-18(34-2)22(35-3)20(21)26;/h4-7,10,13,17H,8-9,11-12,27H2,1-3H3,(H2,28,29,30);1H. The highest BCUT2D eigenvalue weighted by Crippen LogP contribution is 2.37. The molecule has 2 aromatic carbocycles. The average Bonchev–Trinajstić information content (AvgIpc) is 2.84. The second-order valence-electron chi connectivity index (χ2n) is 8.45. The van der Waals surface area contributed by atoms with Crippen LogP contribution in [0.5, 0.6) is 11.5 Å². The summed E-state index contributed by atoms with van der Waals surface area (Å²) in [5.74, 6) is -0.822. The predicted molar refractivity (Wildman–Crippen MR) is 136 cm³/mol. The van der Waals surface area contributed by atoms with Crippen molar-refractivity contribution >= 4 is 41.0 Å². The quantitative estimate of drug-likeness (QED) is 0.507. The Morgan fingerprint density at radius 2 is 1.92 bits per heavy atom. The van der Waals surface area contributed by atoms with E-state index in [1.165, 1.54) is 26.4 Å². The number of fused-ring (bicyclic) bond motifs is 1. The molecule has 1 saturated heterocycles. The Balaban J connectivity index is 0.00000361. The molecule has 4 N–H and O–H groups in total. The number of halogens is 3. The Morgan fingerprint density at radius 1 is 1.19 bits per heavy atom. The van der Waals surface area contributed by atoms with Crippen LogP contribution in [0.25, 0.3) is 10.9 Å². The minimum absolute atomic E-state index is 0. The molecular formula is C24H29ClF2N6O3. The molecule has 12 heteroatoms. The van der Waals surface area contributed by atoms with Crippen molar-refractivity contribution in [3.05, 3.63) is 47.5 Å². The molecule has 2 atom stereocenters. The summed E-state index contributed by atoms with van der Waals surface area (Å²) in [5.41, 5.74) is 12.6. The van der Waals surface area contributed by atoms with E-state index in [0.717, 1.165) is 0 Å². The smallest absolute Gasteiger partial charge is 0.228 e. The Morgan fingerprint density at radius 3 is 2.56 bits per heavy atom. The fraction of sp³-hybridized carbons (Fsp3) is 0.375. The molecule has 0 radical (unpaired) electrons. The number of hydrogen-bond donors (Lipinski definition) is 2. The molecule has 0 saturated carbocycles. The minimum Gasteiger partial charge on any atom is -0.493 e. The van der Waals surface area contributed by atoms with E-state index in [4.69, 9.17) is 20.9 Å². The lowest BCUT2D eigenvalue weighted by Crippen LogP contribution is -2.54. The van der Waals surface area contributed by atoms with Crippen molar-refractivity contribution in [2.45, 2.75) is 25.4 Å². The molecule has 2 unspecified atom stereocenters. The van der Waals surface area contributed by atoms with E-state index in [1.807, 2.05) is 11.8 Å². The summed E-state index contributed by atoms with van der Waals surface area (Å²) >= 11 is 0. The van der Waals surface area contributed by atoms with Gasteiger partial charge in [0.2, 0.25) is 11.9 Å². The van der Waals surface area contributed by atoms with Gasteiger partial charge in [0.05, 0.1) is 14.2 Å². The lowest BCUT2D eigenvalue weighted by molar-refractivity contribution is -0.132. The number of benzene rings is 2. The summed E-state index contributed by atoms with van der Waals surface area (Å²) in [5, 5.41) is 0.312. The van der Waals surface area contributed by atoms with Crippen molar-refractivity contribution in [1.29, 1.82) is 0 Å². The highest BCUT2D eigenvalue weighted by Gasteiger charge is 2.30. The molecular weight excluding hydrogens is 494 g/mol. The first kappa shape index (κ1) is 27.2. The summed E-state index contributed by atoms with van der Waals surface area (Å²) < 4.78 is 39.5.